The van der Waals surface area contributed by atoms with Crippen LogP contribution in [0.3, 0.4) is 0 Å². The van der Waals surface area contributed by atoms with E-state index in [1.165, 1.54) is 0 Å². The van der Waals surface area contributed by atoms with Gasteiger partial charge in [-0.2, -0.15) is 0 Å². The van der Waals surface area contributed by atoms with Crippen molar-refractivity contribution < 1.29 is 9.84 Å². The summed E-state index contributed by atoms with van der Waals surface area (Å²) in [5.41, 5.74) is 1.64. The van der Waals surface area contributed by atoms with E-state index in [4.69, 9.17) is 16.3 Å². The summed E-state index contributed by atoms with van der Waals surface area (Å²) in [6.45, 7) is 4.11. The summed E-state index contributed by atoms with van der Waals surface area (Å²) in [6.07, 6.45) is -0.0576. The maximum absolute atomic E-state index is 9.71. The highest BCUT2D eigenvalue weighted by atomic mass is 35.5. The van der Waals surface area contributed by atoms with Gasteiger partial charge in [-0.25, -0.2) is 0 Å². The molecule has 0 spiro atoms. The number of hydrogen-bond acceptors (Lipinski definition) is 3. The van der Waals surface area contributed by atoms with Crippen LogP contribution in [0.15, 0.2) is 12.1 Å². The number of phenols is 1. The largest absolute Gasteiger partial charge is 0.506 e. The zero-order chi connectivity index (χ0) is 10.8. The van der Waals surface area contributed by atoms with Crippen LogP contribution in [0.2, 0.25) is 5.02 Å². The van der Waals surface area contributed by atoms with E-state index in [2.05, 4.69) is 5.32 Å². The minimum atomic E-state index is -0.0576. The van der Waals surface area contributed by atoms with Crippen LogP contribution < -0.4 is 5.32 Å². The normalized spacial score (nSPS) is 21.6. The van der Waals surface area contributed by atoms with E-state index in [9.17, 15) is 5.11 Å². The molecular weight excluding hydrogens is 214 g/mol. The topological polar surface area (TPSA) is 41.5 Å². The number of ether oxygens (including phenoxy) is 1. The fraction of sp³-hybridized carbons (Fsp3) is 0.455. The van der Waals surface area contributed by atoms with Gasteiger partial charge in [-0.1, -0.05) is 23.7 Å². The van der Waals surface area contributed by atoms with E-state index in [0.717, 1.165) is 24.2 Å². The molecule has 0 aliphatic carbocycles. The van der Waals surface area contributed by atoms with Crippen molar-refractivity contribution in [2.75, 3.05) is 19.7 Å². The Morgan fingerprint density at radius 2 is 2.33 bits per heavy atom. The molecule has 1 heterocycles. The summed E-state index contributed by atoms with van der Waals surface area (Å²) < 4.78 is 5.58. The van der Waals surface area contributed by atoms with Gasteiger partial charge in [0.25, 0.3) is 0 Å². The van der Waals surface area contributed by atoms with E-state index < -0.39 is 0 Å². The first-order valence-corrected chi connectivity index (χ1v) is 5.38. The quantitative estimate of drug-likeness (QED) is 0.771. The smallest absolute Gasteiger partial charge is 0.137 e. The van der Waals surface area contributed by atoms with Gasteiger partial charge in [0.2, 0.25) is 0 Å². The average molecular weight is 228 g/mol. The number of nitrogens with one attached hydrogen (secondary N) is 1. The van der Waals surface area contributed by atoms with Crippen molar-refractivity contribution in [3.8, 4) is 5.75 Å². The van der Waals surface area contributed by atoms with Crippen molar-refractivity contribution in [1.29, 1.82) is 0 Å². The Morgan fingerprint density at radius 1 is 1.53 bits per heavy atom. The van der Waals surface area contributed by atoms with Crippen LogP contribution in [0.1, 0.15) is 17.2 Å². The van der Waals surface area contributed by atoms with Crippen molar-refractivity contribution >= 4 is 11.6 Å². The van der Waals surface area contributed by atoms with Crippen LogP contribution >= 0.6 is 11.6 Å². The molecule has 0 aromatic heterocycles. The lowest BCUT2D eigenvalue weighted by Crippen LogP contribution is -2.33. The highest BCUT2D eigenvalue weighted by Crippen LogP contribution is 2.35. The van der Waals surface area contributed by atoms with Gasteiger partial charge in [-0.05, 0) is 12.5 Å². The van der Waals surface area contributed by atoms with Crippen molar-refractivity contribution in [3.05, 3.63) is 28.3 Å². The van der Waals surface area contributed by atoms with Crippen molar-refractivity contribution in [2.24, 2.45) is 0 Å². The molecule has 1 saturated heterocycles. The lowest BCUT2D eigenvalue weighted by molar-refractivity contribution is 0.0276. The van der Waals surface area contributed by atoms with Gasteiger partial charge < -0.3 is 15.2 Å². The van der Waals surface area contributed by atoms with Crippen LogP contribution in [0, 0.1) is 6.92 Å². The number of halogens is 1. The third kappa shape index (κ3) is 2.09. The second-order valence-corrected chi connectivity index (χ2v) is 4.08. The predicted octanol–water partition coefficient (Wildman–Crippen LogP) is 2.01. The molecule has 1 aromatic rings. The lowest BCUT2D eigenvalue weighted by atomic mass is 10.1. The molecule has 2 rings (SSSR count). The molecular formula is C11H14ClNO2. The van der Waals surface area contributed by atoms with E-state index in [0.29, 0.717) is 11.6 Å². The number of aryl methyl sites for hydroxylation is 1. The molecule has 3 nitrogen and oxygen atoms in total. The zero-order valence-corrected chi connectivity index (χ0v) is 9.34. The molecule has 1 atom stereocenters. The summed E-state index contributed by atoms with van der Waals surface area (Å²) in [7, 11) is 0. The molecule has 1 aliphatic rings. The third-order valence-electron chi connectivity index (χ3n) is 2.62. The number of rotatable bonds is 1. The van der Waals surface area contributed by atoms with Crippen molar-refractivity contribution in [2.45, 2.75) is 13.0 Å². The monoisotopic (exact) mass is 227 g/mol. The van der Waals surface area contributed by atoms with E-state index in [1.54, 1.807) is 0 Å². The Labute approximate surface area is 94.0 Å². The Morgan fingerprint density at radius 3 is 3.00 bits per heavy atom. The second kappa shape index (κ2) is 4.39. The fourth-order valence-electron chi connectivity index (χ4n) is 1.69. The second-order valence-electron chi connectivity index (χ2n) is 3.70. The third-order valence-corrected chi connectivity index (χ3v) is 3.02. The predicted molar refractivity (Wildman–Crippen MR) is 59.4 cm³/mol. The molecule has 4 heteroatoms. The molecule has 1 aliphatic heterocycles. The van der Waals surface area contributed by atoms with E-state index in [1.807, 2.05) is 19.1 Å². The minimum absolute atomic E-state index is 0.0576. The molecule has 15 heavy (non-hydrogen) atoms. The molecule has 0 saturated carbocycles. The molecule has 2 N–H and O–H groups in total. The maximum Gasteiger partial charge on any atom is 0.137 e. The first-order chi connectivity index (χ1) is 7.20. The van der Waals surface area contributed by atoms with Crippen molar-refractivity contribution in [1.82, 2.24) is 5.32 Å². The summed E-state index contributed by atoms with van der Waals surface area (Å²) in [5.74, 6) is 0.156. The molecule has 0 amide bonds. The summed E-state index contributed by atoms with van der Waals surface area (Å²) >= 11 is 6.07. The Kier molecular flexibility index (Phi) is 3.14. The van der Waals surface area contributed by atoms with Gasteiger partial charge in [0, 0.05) is 18.7 Å². The summed E-state index contributed by atoms with van der Waals surface area (Å²) in [4.78, 5) is 0. The number of aromatic hydroxyl groups is 1. The fourth-order valence-corrected chi connectivity index (χ4v) is 2.02. The molecule has 1 unspecified atom stereocenters. The molecule has 0 radical (unpaired) electrons. The number of benzene rings is 1. The molecule has 1 aromatic carbocycles. The lowest BCUT2D eigenvalue weighted by Gasteiger charge is -2.25. The van der Waals surface area contributed by atoms with Crippen LogP contribution in [0.5, 0.6) is 5.75 Å². The number of hydrogen-bond donors (Lipinski definition) is 2. The number of phenolic OH excluding ortho intramolecular Hbond substituents is 1. The minimum Gasteiger partial charge on any atom is -0.506 e. The molecule has 1 fully saturated rings. The Hall–Kier alpha value is -0.770. The van der Waals surface area contributed by atoms with Gasteiger partial charge in [-0.15, -0.1) is 0 Å². The highest BCUT2D eigenvalue weighted by molar-refractivity contribution is 6.33. The van der Waals surface area contributed by atoms with E-state index in [-0.39, 0.29) is 11.9 Å². The van der Waals surface area contributed by atoms with Crippen LogP contribution in [0.4, 0.5) is 0 Å². The number of morpholine rings is 1. The van der Waals surface area contributed by atoms with Gasteiger partial charge in [0.05, 0.1) is 17.7 Å². The SMILES string of the molecule is Cc1ccc(C2CNCCO2)c(Cl)c1O. The van der Waals surface area contributed by atoms with Gasteiger partial charge in [0.15, 0.2) is 0 Å². The van der Waals surface area contributed by atoms with Gasteiger partial charge in [0.1, 0.15) is 5.75 Å². The van der Waals surface area contributed by atoms with Gasteiger partial charge in [-0.3, -0.25) is 0 Å². The maximum atomic E-state index is 9.71. The van der Waals surface area contributed by atoms with Crippen LogP contribution in [0.25, 0.3) is 0 Å². The van der Waals surface area contributed by atoms with Gasteiger partial charge >= 0.3 is 0 Å². The highest BCUT2D eigenvalue weighted by Gasteiger charge is 2.20. The van der Waals surface area contributed by atoms with E-state index >= 15 is 0 Å². The first-order valence-electron chi connectivity index (χ1n) is 5.00. The van der Waals surface area contributed by atoms with Crippen LogP contribution in [-0.4, -0.2) is 24.8 Å². The Balaban J connectivity index is 2.31. The Bertz CT molecular complexity index is 362. The summed E-state index contributed by atoms with van der Waals surface area (Å²) in [6, 6.07) is 3.77. The summed E-state index contributed by atoms with van der Waals surface area (Å²) in [5, 5.41) is 13.3. The first kappa shape index (κ1) is 10.7. The molecule has 82 valence electrons. The van der Waals surface area contributed by atoms with Crippen molar-refractivity contribution in [3.63, 3.8) is 0 Å². The average Bonchev–Trinajstić information content (AvgIpc) is 2.27. The zero-order valence-electron chi connectivity index (χ0n) is 8.59. The standard InChI is InChI=1S/C11H14ClNO2/c1-7-2-3-8(10(12)11(7)14)9-6-13-4-5-15-9/h2-3,9,13-14H,4-6H2,1H3. The molecule has 0 bridgehead atoms. The van der Waals surface area contributed by atoms with Crippen LogP contribution in [-0.2, 0) is 4.74 Å².